The van der Waals surface area contributed by atoms with E-state index >= 15 is 0 Å². The van der Waals surface area contributed by atoms with E-state index in [2.05, 4.69) is 0 Å². The third kappa shape index (κ3) is 3.39. The van der Waals surface area contributed by atoms with Gasteiger partial charge in [0.25, 0.3) is 0 Å². The van der Waals surface area contributed by atoms with E-state index in [4.69, 9.17) is 5.73 Å². The molecule has 15 heavy (non-hydrogen) atoms. The van der Waals surface area contributed by atoms with E-state index < -0.39 is 16.6 Å². The number of rotatable bonds is 4. The Balaban J connectivity index is 2.81. The van der Waals surface area contributed by atoms with Gasteiger partial charge in [-0.2, -0.15) is 0 Å². The molecule has 0 fully saturated rings. The lowest BCUT2D eigenvalue weighted by atomic mass is 10.2. The molecule has 0 aromatic heterocycles. The second-order valence-electron chi connectivity index (χ2n) is 3.75. The molecule has 3 unspecified atom stereocenters. The molecule has 1 aromatic rings. The Morgan fingerprint density at radius 3 is 2.53 bits per heavy atom. The minimum atomic E-state index is -1.32. The molecule has 1 rings (SSSR count). The van der Waals surface area contributed by atoms with Gasteiger partial charge in [-0.15, -0.1) is 0 Å². The second kappa shape index (κ2) is 5.37. The number of hydrogen-bond acceptors (Lipinski definition) is 2. The van der Waals surface area contributed by atoms with Gasteiger partial charge in [0, 0.05) is 11.3 Å². The van der Waals surface area contributed by atoms with Crippen molar-refractivity contribution in [2.75, 3.05) is 0 Å². The van der Waals surface area contributed by atoms with Crippen molar-refractivity contribution in [1.82, 2.24) is 0 Å². The van der Waals surface area contributed by atoms with Gasteiger partial charge >= 0.3 is 0 Å². The molecule has 2 N–H and O–H groups in total. The summed E-state index contributed by atoms with van der Waals surface area (Å²) in [4.78, 5) is 0.269. The van der Waals surface area contributed by atoms with E-state index in [1.54, 1.807) is 18.2 Å². The molecule has 0 saturated heterocycles. The minimum Gasteiger partial charge on any atom is -0.328 e. The van der Waals surface area contributed by atoms with Gasteiger partial charge < -0.3 is 5.73 Å². The number of hydrogen-bond donors (Lipinski definition) is 1. The summed E-state index contributed by atoms with van der Waals surface area (Å²) in [5.74, 6) is -0.410. The maximum atomic E-state index is 13.3. The van der Waals surface area contributed by atoms with Crippen molar-refractivity contribution >= 4 is 10.8 Å². The topological polar surface area (TPSA) is 43.1 Å². The zero-order valence-corrected chi connectivity index (χ0v) is 9.76. The van der Waals surface area contributed by atoms with Crippen LogP contribution in [-0.2, 0) is 10.8 Å². The standard InChI is InChI=1S/C11H16FNOS/c1-8(13)7-9(2)15(14)11-6-4-3-5-10(11)12/h3-6,8-9H,7,13H2,1-2H3. The molecule has 84 valence electrons. The van der Waals surface area contributed by atoms with Crippen molar-refractivity contribution in [3.05, 3.63) is 30.1 Å². The summed E-state index contributed by atoms with van der Waals surface area (Å²) in [5, 5.41) is -0.123. The van der Waals surface area contributed by atoms with Crippen LogP contribution >= 0.6 is 0 Å². The van der Waals surface area contributed by atoms with Crippen molar-refractivity contribution in [1.29, 1.82) is 0 Å². The average Bonchev–Trinajstić information content (AvgIpc) is 2.16. The molecule has 0 radical (unpaired) electrons. The van der Waals surface area contributed by atoms with Crippen LogP contribution in [0.3, 0.4) is 0 Å². The smallest absolute Gasteiger partial charge is 0.139 e. The Labute approximate surface area is 92.1 Å². The summed E-state index contributed by atoms with van der Waals surface area (Å²) < 4.78 is 25.2. The van der Waals surface area contributed by atoms with Gasteiger partial charge in [0.2, 0.25) is 0 Å². The first-order valence-corrected chi connectivity index (χ1v) is 6.14. The molecule has 0 aliphatic heterocycles. The Kier molecular flexibility index (Phi) is 4.42. The first-order valence-electron chi connectivity index (χ1n) is 4.93. The Bertz CT molecular complexity index is 354. The van der Waals surface area contributed by atoms with Crippen molar-refractivity contribution in [3.8, 4) is 0 Å². The molecular weight excluding hydrogens is 213 g/mol. The van der Waals surface area contributed by atoms with Crippen LogP contribution in [0.15, 0.2) is 29.2 Å². The van der Waals surface area contributed by atoms with Crippen LogP contribution in [0, 0.1) is 5.82 Å². The van der Waals surface area contributed by atoms with Crippen LogP contribution in [0.5, 0.6) is 0 Å². The van der Waals surface area contributed by atoms with Gasteiger partial charge in [0.15, 0.2) is 0 Å². The van der Waals surface area contributed by atoms with Crippen LogP contribution in [0.1, 0.15) is 20.3 Å². The first kappa shape index (κ1) is 12.3. The normalized spacial score (nSPS) is 17.1. The number of nitrogens with two attached hydrogens (primary N) is 1. The molecule has 4 heteroatoms. The van der Waals surface area contributed by atoms with Crippen LogP contribution in [0.4, 0.5) is 4.39 Å². The van der Waals surface area contributed by atoms with Crippen LogP contribution < -0.4 is 5.73 Å². The summed E-state index contributed by atoms with van der Waals surface area (Å²) in [6.07, 6.45) is 0.626. The predicted molar refractivity (Wildman–Crippen MR) is 60.5 cm³/mol. The lowest BCUT2D eigenvalue weighted by Crippen LogP contribution is -2.24. The van der Waals surface area contributed by atoms with Gasteiger partial charge in [-0.3, -0.25) is 4.21 Å². The number of benzene rings is 1. The van der Waals surface area contributed by atoms with Gasteiger partial charge in [-0.25, -0.2) is 4.39 Å². The molecule has 0 amide bonds. The summed E-state index contributed by atoms with van der Waals surface area (Å²) in [5.41, 5.74) is 5.62. The van der Waals surface area contributed by atoms with Crippen LogP contribution in [0.2, 0.25) is 0 Å². The van der Waals surface area contributed by atoms with E-state index in [9.17, 15) is 8.60 Å². The molecule has 0 spiro atoms. The summed E-state index contributed by atoms with van der Waals surface area (Å²) in [6, 6.07) is 6.14. The molecule has 0 heterocycles. The van der Waals surface area contributed by atoms with Gasteiger partial charge in [0.1, 0.15) is 5.82 Å². The van der Waals surface area contributed by atoms with E-state index in [-0.39, 0.29) is 16.2 Å². The molecule has 1 aromatic carbocycles. The van der Waals surface area contributed by atoms with E-state index in [0.717, 1.165) is 0 Å². The Morgan fingerprint density at radius 2 is 2.00 bits per heavy atom. The van der Waals surface area contributed by atoms with Gasteiger partial charge in [0.05, 0.1) is 15.7 Å². The van der Waals surface area contributed by atoms with Crippen molar-refractivity contribution in [3.63, 3.8) is 0 Å². The van der Waals surface area contributed by atoms with Gasteiger partial charge in [-0.05, 0) is 25.5 Å². The summed E-state index contributed by atoms with van der Waals surface area (Å²) >= 11 is 0. The van der Waals surface area contributed by atoms with Crippen LogP contribution in [0.25, 0.3) is 0 Å². The number of halogens is 1. The maximum Gasteiger partial charge on any atom is 0.139 e. The fraction of sp³-hybridized carbons (Fsp3) is 0.455. The molecule has 0 aliphatic rings. The fourth-order valence-electron chi connectivity index (χ4n) is 1.44. The average molecular weight is 229 g/mol. The van der Waals surface area contributed by atoms with Crippen molar-refractivity contribution in [2.24, 2.45) is 5.73 Å². The quantitative estimate of drug-likeness (QED) is 0.858. The molecule has 0 bridgehead atoms. The summed E-state index contributed by atoms with van der Waals surface area (Å²) in [7, 11) is -1.32. The zero-order valence-electron chi connectivity index (χ0n) is 8.94. The molecule has 3 atom stereocenters. The van der Waals surface area contributed by atoms with Crippen LogP contribution in [-0.4, -0.2) is 15.5 Å². The van der Waals surface area contributed by atoms with Crippen molar-refractivity contribution < 1.29 is 8.60 Å². The Hall–Kier alpha value is -0.740. The SMILES string of the molecule is CC(N)CC(C)S(=O)c1ccccc1F. The van der Waals surface area contributed by atoms with E-state index in [1.807, 2.05) is 13.8 Å². The largest absolute Gasteiger partial charge is 0.328 e. The highest BCUT2D eigenvalue weighted by molar-refractivity contribution is 7.85. The third-order valence-corrected chi connectivity index (χ3v) is 3.81. The van der Waals surface area contributed by atoms with E-state index in [0.29, 0.717) is 6.42 Å². The maximum absolute atomic E-state index is 13.3. The molecule has 0 saturated carbocycles. The third-order valence-electron chi connectivity index (χ3n) is 2.12. The first-order chi connectivity index (χ1) is 7.02. The zero-order chi connectivity index (χ0) is 11.4. The lowest BCUT2D eigenvalue weighted by molar-refractivity contribution is 0.587. The Morgan fingerprint density at radius 1 is 1.40 bits per heavy atom. The minimum absolute atomic E-state index is 0.0178. The molecular formula is C11H16FNOS. The molecule has 2 nitrogen and oxygen atoms in total. The lowest BCUT2D eigenvalue weighted by Gasteiger charge is -2.13. The molecule has 0 aliphatic carbocycles. The highest BCUT2D eigenvalue weighted by Crippen LogP contribution is 2.17. The van der Waals surface area contributed by atoms with Gasteiger partial charge in [-0.1, -0.05) is 19.1 Å². The highest BCUT2D eigenvalue weighted by Gasteiger charge is 2.17. The predicted octanol–water partition coefficient (Wildman–Crippen LogP) is 2.06. The monoisotopic (exact) mass is 229 g/mol. The highest BCUT2D eigenvalue weighted by atomic mass is 32.2. The second-order valence-corrected chi connectivity index (χ2v) is 5.59. The van der Waals surface area contributed by atoms with Crippen molar-refractivity contribution in [2.45, 2.75) is 36.5 Å². The summed E-state index contributed by atoms with van der Waals surface area (Å²) in [6.45, 7) is 3.68. The van der Waals surface area contributed by atoms with E-state index in [1.165, 1.54) is 6.07 Å². The fourth-order valence-corrected chi connectivity index (χ4v) is 2.82.